The maximum Gasteiger partial charge on any atom is 0.416 e. The summed E-state index contributed by atoms with van der Waals surface area (Å²) in [7, 11) is 0. The fourth-order valence-corrected chi connectivity index (χ4v) is 2.36. The molecule has 0 aromatic heterocycles. The minimum absolute atomic E-state index is 0.211. The second kappa shape index (κ2) is 5.49. The van der Waals surface area contributed by atoms with E-state index >= 15 is 0 Å². The average molecular weight is 278 g/mol. The van der Waals surface area contributed by atoms with E-state index in [1.54, 1.807) is 6.07 Å². The molecule has 0 unspecified atom stereocenters. The van der Waals surface area contributed by atoms with Crippen molar-refractivity contribution in [3.8, 4) is 0 Å². The highest BCUT2D eigenvalue weighted by Crippen LogP contribution is 2.30. The minimum Gasteiger partial charge on any atom is -0.299 e. The third kappa shape index (κ3) is 3.62. The topological polar surface area (TPSA) is 3.24 Å². The fourth-order valence-electron chi connectivity index (χ4n) is 2.16. The molecule has 1 aliphatic heterocycles. The van der Waals surface area contributed by atoms with Gasteiger partial charge in [0.1, 0.15) is 0 Å². The molecule has 0 atom stereocenters. The van der Waals surface area contributed by atoms with E-state index in [2.05, 4.69) is 4.90 Å². The Morgan fingerprint density at radius 3 is 2.50 bits per heavy atom. The summed E-state index contributed by atoms with van der Waals surface area (Å²) in [6.45, 7) is 2.27. The van der Waals surface area contributed by atoms with Crippen LogP contribution in [-0.2, 0) is 12.7 Å². The predicted octanol–water partition coefficient (Wildman–Crippen LogP) is 3.91. The van der Waals surface area contributed by atoms with Crippen molar-refractivity contribution in [1.82, 2.24) is 4.90 Å². The van der Waals surface area contributed by atoms with Gasteiger partial charge >= 0.3 is 6.18 Å². The summed E-state index contributed by atoms with van der Waals surface area (Å²) >= 11 is 5.99. The third-order valence-corrected chi connectivity index (χ3v) is 3.61. The molecule has 1 nitrogen and oxygen atoms in total. The van der Waals surface area contributed by atoms with Gasteiger partial charge in [0.2, 0.25) is 0 Å². The van der Waals surface area contributed by atoms with Gasteiger partial charge in [0, 0.05) is 11.9 Å². The van der Waals surface area contributed by atoms with Crippen LogP contribution in [0.2, 0.25) is 0 Å². The zero-order valence-corrected chi connectivity index (χ0v) is 10.6. The molecule has 1 aromatic rings. The number of halogens is 4. The van der Waals surface area contributed by atoms with Crippen molar-refractivity contribution in [2.75, 3.05) is 13.1 Å². The summed E-state index contributed by atoms with van der Waals surface area (Å²) in [5.41, 5.74) is 0.130. The van der Waals surface area contributed by atoms with Crippen LogP contribution < -0.4 is 0 Å². The standard InChI is InChI=1S/C13H15ClF3N/c14-12-4-6-18(7-5-12)9-10-2-1-3-11(8-10)13(15,16)17/h1-3,8,12H,4-7,9H2. The molecule has 1 fully saturated rings. The highest BCUT2D eigenvalue weighted by Gasteiger charge is 2.30. The zero-order valence-electron chi connectivity index (χ0n) is 9.88. The molecule has 0 radical (unpaired) electrons. The lowest BCUT2D eigenvalue weighted by Gasteiger charge is -2.29. The molecule has 1 aliphatic rings. The number of nitrogens with zero attached hydrogens (tertiary/aromatic N) is 1. The number of hydrogen-bond donors (Lipinski definition) is 0. The first-order valence-corrected chi connectivity index (χ1v) is 6.41. The third-order valence-electron chi connectivity index (χ3n) is 3.18. The van der Waals surface area contributed by atoms with Crippen molar-refractivity contribution >= 4 is 11.6 Å². The number of benzene rings is 1. The normalized spacial score (nSPS) is 19.1. The molecule has 0 bridgehead atoms. The average Bonchev–Trinajstić information content (AvgIpc) is 2.31. The quantitative estimate of drug-likeness (QED) is 0.741. The van der Waals surface area contributed by atoms with Crippen molar-refractivity contribution in [3.05, 3.63) is 35.4 Å². The molecule has 18 heavy (non-hydrogen) atoms. The van der Waals surface area contributed by atoms with Crippen LogP contribution in [0.15, 0.2) is 24.3 Å². The number of piperidine rings is 1. The Balaban J connectivity index is 2.01. The Morgan fingerprint density at radius 2 is 1.89 bits per heavy atom. The summed E-state index contributed by atoms with van der Waals surface area (Å²) in [6, 6.07) is 5.54. The molecule has 0 spiro atoms. The molecule has 100 valence electrons. The van der Waals surface area contributed by atoms with Crippen molar-refractivity contribution in [2.45, 2.75) is 30.9 Å². The lowest BCUT2D eigenvalue weighted by molar-refractivity contribution is -0.137. The Kier molecular flexibility index (Phi) is 4.17. The van der Waals surface area contributed by atoms with Crippen molar-refractivity contribution < 1.29 is 13.2 Å². The molecule has 0 saturated carbocycles. The molecule has 1 aromatic carbocycles. The van der Waals surface area contributed by atoms with E-state index in [-0.39, 0.29) is 5.38 Å². The van der Waals surface area contributed by atoms with Gasteiger partial charge in [-0.25, -0.2) is 0 Å². The molecule has 1 saturated heterocycles. The molecule has 0 N–H and O–H groups in total. The van der Waals surface area contributed by atoms with E-state index < -0.39 is 11.7 Å². The maximum absolute atomic E-state index is 12.6. The van der Waals surface area contributed by atoms with Crippen LogP contribution in [0, 0.1) is 0 Å². The van der Waals surface area contributed by atoms with Crippen LogP contribution in [0.1, 0.15) is 24.0 Å². The van der Waals surface area contributed by atoms with Crippen LogP contribution in [0.4, 0.5) is 13.2 Å². The lowest BCUT2D eigenvalue weighted by atomic mass is 10.1. The summed E-state index contributed by atoms with van der Waals surface area (Å²) in [4.78, 5) is 2.15. The van der Waals surface area contributed by atoms with Gasteiger partial charge in [-0.15, -0.1) is 11.6 Å². The summed E-state index contributed by atoms with van der Waals surface area (Å²) in [5.74, 6) is 0. The molecular weight excluding hydrogens is 263 g/mol. The number of alkyl halides is 4. The van der Waals surface area contributed by atoms with Crippen molar-refractivity contribution in [2.24, 2.45) is 0 Å². The van der Waals surface area contributed by atoms with Gasteiger partial charge in [-0.2, -0.15) is 13.2 Å². The van der Waals surface area contributed by atoms with Crippen LogP contribution in [0.5, 0.6) is 0 Å². The van der Waals surface area contributed by atoms with E-state index in [0.29, 0.717) is 12.1 Å². The van der Waals surface area contributed by atoms with E-state index in [1.165, 1.54) is 12.1 Å². The zero-order chi connectivity index (χ0) is 13.2. The van der Waals surface area contributed by atoms with Crippen LogP contribution >= 0.6 is 11.6 Å². The SMILES string of the molecule is FC(F)(F)c1cccc(CN2CCC(Cl)CC2)c1. The van der Waals surface area contributed by atoms with Gasteiger partial charge in [0.15, 0.2) is 0 Å². The van der Waals surface area contributed by atoms with E-state index in [1.807, 2.05) is 0 Å². The molecule has 0 amide bonds. The van der Waals surface area contributed by atoms with Gasteiger partial charge in [0.25, 0.3) is 0 Å². The van der Waals surface area contributed by atoms with E-state index in [9.17, 15) is 13.2 Å². The lowest BCUT2D eigenvalue weighted by Crippen LogP contribution is -2.33. The fraction of sp³-hybridized carbons (Fsp3) is 0.538. The molecule has 0 aliphatic carbocycles. The van der Waals surface area contributed by atoms with Gasteiger partial charge in [-0.3, -0.25) is 4.90 Å². The van der Waals surface area contributed by atoms with Crippen LogP contribution in [0.25, 0.3) is 0 Å². The van der Waals surface area contributed by atoms with Crippen LogP contribution in [-0.4, -0.2) is 23.4 Å². The first kappa shape index (κ1) is 13.7. The van der Waals surface area contributed by atoms with Crippen LogP contribution in [0.3, 0.4) is 0 Å². The largest absolute Gasteiger partial charge is 0.416 e. The monoisotopic (exact) mass is 277 g/mol. The molecule has 1 heterocycles. The van der Waals surface area contributed by atoms with Gasteiger partial charge in [-0.1, -0.05) is 18.2 Å². The molecule has 5 heteroatoms. The number of hydrogen-bond acceptors (Lipinski definition) is 1. The second-order valence-electron chi connectivity index (χ2n) is 4.65. The Morgan fingerprint density at radius 1 is 1.22 bits per heavy atom. The maximum atomic E-state index is 12.6. The Bertz CT molecular complexity index is 397. The Labute approximate surface area is 110 Å². The first-order valence-electron chi connectivity index (χ1n) is 5.98. The van der Waals surface area contributed by atoms with Gasteiger partial charge < -0.3 is 0 Å². The van der Waals surface area contributed by atoms with Crippen molar-refractivity contribution in [3.63, 3.8) is 0 Å². The van der Waals surface area contributed by atoms with E-state index in [0.717, 1.165) is 32.0 Å². The first-order chi connectivity index (χ1) is 8.45. The van der Waals surface area contributed by atoms with E-state index in [4.69, 9.17) is 11.6 Å². The highest BCUT2D eigenvalue weighted by molar-refractivity contribution is 6.20. The summed E-state index contributed by atoms with van der Waals surface area (Å²) < 4.78 is 37.7. The summed E-state index contributed by atoms with van der Waals surface area (Å²) in [5, 5.41) is 0.211. The van der Waals surface area contributed by atoms with Crippen molar-refractivity contribution in [1.29, 1.82) is 0 Å². The molecule has 2 rings (SSSR count). The summed E-state index contributed by atoms with van der Waals surface area (Å²) in [6.07, 6.45) is -2.46. The number of likely N-dealkylation sites (tertiary alicyclic amines) is 1. The van der Waals surface area contributed by atoms with Gasteiger partial charge in [0.05, 0.1) is 5.56 Å². The minimum atomic E-state index is -4.26. The predicted molar refractivity (Wildman–Crippen MR) is 65.6 cm³/mol. The highest BCUT2D eigenvalue weighted by atomic mass is 35.5. The molecular formula is C13H15ClF3N. The smallest absolute Gasteiger partial charge is 0.299 e. The second-order valence-corrected chi connectivity index (χ2v) is 5.27. The Hall–Kier alpha value is -0.740. The number of rotatable bonds is 2. The van der Waals surface area contributed by atoms with Gasteiger partial charge in [-0.05, 0) is 37.6 Å².